The van der Waals surface area contributed by atoms with Crippen LogP contribution in [0.15, 0.2) is 59.2 Å². The lowest BCUT2D eigenvalue weighted by atomic mass is 10.1. The molecular weight excluding hydrogens is 228 g/mol. The van der Waals surface area contributed by atoms with E-state index in [1.807, 2.05) is 48.5 Å². The summed E-state index contributed by atoms with van der Waals surface area (Å²) in [6.45, 7) is 0. The number of hydrogen-bond donors (Lipinski definition) is 0. The molecule has 0 amide bonds. The molecule has 1 aliphatic heterocycles. The molecule has 88 valence electrons. The van der Waals surface area contributed by atoms with Crippen LogP contribution in [-0.4, -0.2) is 0 Å². The van der Waals surface area contributed by atoms with E-state index in [-0.39, 0.29) is 6.29 Å². The van der Waals surface area contributed by atoms with Crippen LogP contribution in [0.5, 0.6) is 11.5 Å². The van der Waals surface area contributed by atoms with Crippen molar-refractivity contribution in [3.8, 4) is 11.5 Å². The van der Waals surface area contributed by atoms with Crippen molar-refractivity contribution in [2.75, 3.05) is 0 Å². The number of fused-ring (bicyclic) bond motifs is 2. The van der Waals surface area contributed by atoms with Gasteiger partial charge < -0.3 is 13.9 Å². The topological polar surface area (TPSA) is 31.6 Å². The molecule has 0 unspecified atom stereocenters. The predicted octanol–water partition coefficient (Wildman–Crippen LogP) is 3.90. The van der Waals surface area contributed by atoms with Crippen molar-refractivity contribution >= 4 is 11.0 Å². The van der Waals surface area contributed by atoms with Crippen molar-refractivity contribution in [1.29, 1.82) is 0 Å². The van der Waals surface area contributed by atoms with E-state index in [2.05, 4.69) is 0 Å². The second kappa shape index (κ2) is 3.53. The van der Waals surface area contributed by atoms with Crippen LogP contribution in [0.25, 0.3) is 11.0 Å². The third-order valence-corrected chi connectivity index (χ3v) is 3.07. The van der Waals surface area contributed by atoms with Gasteiger partial charge in [0.2, 0.25) is 0 Å². The van der Waals surface area contributed by atoms with Crippen LogP contribution < -0.4 is 9.47 Å². The van der Waals surface area contributed by atoms with Gasteiger partial charge in [-0.15, -0.1) is 0 Å². The molecule has 2 heterocycles. The molecule has 2 aromatic carbocycles. The fourth-order valence-corrected chi connectivity index (χ4v) is 2.17. The molecule has 0 saturated carbocycles. The Kier molecular flexibility index (Phi) is 1.88. The van der Waals surface area contributed by atoms with Crippen molar-refractivity contribution in [2.24, 2.45) is 0 Å². The molecule has 0 N–H and O–H groups in total. The van der Waals surface area contributed by atoms with Crippen molar-refractivity contribution in [1.82, 2.24) is 0 Å². The summed E-state index contributed by atoms with van der Waals surface area (Å²) in [6.07, 6.45) is 1.31. The molecular formula is C15H10O3. The molecule has 0 spiro atoms. The quantitative estimate of drug-likeness (QED) is 0.644. The second-order valence-electron chi connectivity index (χ2n) is 4.23. The van der Waals surface area contributed by atoms with Gasteiger partial charge >= 0.3 is 0 Å². The Morgan fingerprint density at radius 1 is 0.833 bits per heavy atom. The van der Waals surface area contributed by atoms with Crippen LogP contribution in [0.1, 0.15) is 11.9 Å². The maximum absolute atomic E-state index is 5.77. The van der Waals surface area contributed by atoms with Gasteiger partial charge in [-0.3, -0.25) is 0 Å². The summed E-state index contributed by atoms with van der Waals surface area (Å²) >= 11 is 0. The number of benzene rings is 2. The van der Waals surface area contributed by atoms with E-state index < -0.39 is 0 Å². The number of rotatable bonds is 1. The highest BCUT2D eigenvalue weighted by atomic mass is 16.7. The van der Waals surface area contributed by atoms with Crippen molar-refractivity contribution in [3.05, 3.63) is 60.4 Å². The average Bonchev–Trinajstić information content (AvgIpc) is 3.04. The molecule has 18 heavy (non-hydrogen) atoms. The van der Waals surface area contributed by atoms with E-state index in [9.17, 15) is 0 Å². The van der Waals surface area contributed by atoms with Crippen LogP contribution in [-0.2, 0) is 0 Å². The first kappa shape index (κ1) is 9.59. The molecule has 3 nitrogen and oxygen atoms in total. The monoisotopic (exact) mass is 238 g/mol. The van der Waals surface area contributed by atoms with E-state index in [4.69, 9.17) is 13.9 Å². The molecule has 1 aromatic heterocycles. The molecule has 4 rings (SSSR count). The van der Waals surface area contributed by atoms with Crippen molar-refractivity contribution in [2.45, 2.75) is 6.29 Å². The highest BCUT2D eigenvalue weighted by Gasteiger charge is 2.25. The third-order valence-electron chi connectivity index (χ3n) is 3.07. The summed E-state index contributed by atoms with van der Waals surface area (Å²) in [7, 11) is 0. The van der Waals surface area contributed by atoms with Crippen LogP contribution in [0.3, 0.4) is 0 Å². The first-order valence-corrected chi connectivity index (χ1v) is 5.80. The highest BCUT2D eigenvalue weighted by molar-refractivity contribution is 5.77. The highest BCUT2D eigenvalue weighted by Crippen LogP contribution is 2.40. The first-order chi connectivity index (χ1) is 8.90. The number of ether oxygens (including phenoxy) is 2. The molecule has 0 radical (unpaired) electrons. The van der Waals surface area contributed by atoms with Crippen molar-refractivity contribution < 1.29 is 13.9 Å². The van der Waals surface area contributed by atoms with Gasteiger partial charge in [0, 0.05) is 10.9 Å². The number of furan rings is 1. The van der Waals surface area contributed by atoms with E-state index in [0.717, 1.165) is 28.0 Å². The SMILES string of the molecule is c1ccc2c(c1)OC(c1ccc3occc3c1)O2. The summed E-state index contributed by atoms with van der Waals surface area (Å²) in [6, 6.07) is 15.5. The van der Waals surface area contributed by atoms with Gasteiger partial charge in [0.25, 0.3) is 6.29 Å². The zero-order valence-corrected chi connectivity index (χ0v) is 9.50. The first-order valence-electron chi connectivity index (χ1n) is 5.80. The van der Waals surface area contributed by atoms with Crippen LogP contribution in [0, 0.1) is 0 Å². The van der Waals surface area contributed by atoms with Gasteiger partial charge in [0.05, 0.1) is 6.26 Å². The Hall–Kier alpha value is -2.42. The van der Waals surface area contributed by atoms with Gasteiger partial charge in [0.15, 0.2) is 11.5 Å². The molecule has 3 aromatic rings. The Labute approximate surface area is 104 Å². The molecule has 0 bridgehead atoms. The van der Waals surface area contributed by atoms with Gasteiger partial charge in [-0.2, -0.15) is 0 Å². The number of hydrogen-bond acceptors (Lipinski definition) is 3. The van der Waals surface area contributed by atoms with Gasteiger partial charge in [-0.25, -0.2) is 0 Å². The summed E-state index contributed by atoms with van der Waals surface area (Å²) in [5, 5.41) is 1.05. The minimum absolute atomic E-state index is 0.373. The van der Waals surface area contributed by atoms with E-state index in [0.29, 0.717) is 0 Å². The summed E-state index contributed by atoms with van der Waals surface area (Å²) in [5.74, 6) is 1.57. The summed E-state index contributed by atoms with van der Waals surface area (Å²) < 4.78 is 16.8. The summed E-state index contributed by atoms with van der Waals surface area (Å²) in [4.78, 5) is 0. The smallest absolute Gasteiger partial charge is 0.268 e. The van der Waals surface area contributed by atoms with E-state index in [1.165, 1.54) is 0 Å². The van der Waals surface area contributed by atoms with Crippen molar-refractivity contribution in [3.63, 3.8) is 0 Å². The Bertz CT molecular complexity index is 689. The third kappa shape index (κ3) is 1.37. The summed E-state index contributed by atoms with van der Waals surface area (Å²) in [5.41, 5.74) is 1.86. The standard InChI is InChI=1S/C15H10O3/c1-2-4-14-13(3-1)17-15(18-14)11-5-6-12-10(9-11)7-8-16-12/h1-9,15H. The van der Waals surface area contributed by atoms with Gasteiger partial charge in [-0.1, -0.05) is 12.1 Å². The second-order valence-corrected chi connectivity index (χ2v) is 4.23. The minimum Gasteiger partial charge on any atom is -0.464 e. The normalized spacial score (nSPS) is 14.2. The zero-order chi connectivity index (χ0) is 11.9. The minimum atomic E-state index is -0.373. The molecule has 1 aliphatic rings. The predicted molar refractivity (Wildman–Crippen MR) is 66.7 cm³/mol. The lowest BCUT2D eigenvalue weighted by Crippen LogP contribution is -2.07. The van der Waals surface area contributed by atoms with Crippen LogP contribution >= 0.6 is 0 Å². The Balaban J connectivity index is 1.73. The fraction of sp³-hybridized carbons (Fsp3) is 0.0667. The van der Waals surface area contributed by atoms with Gasteiger partial charge in [-0.05, 0) is 36.4 Å². The largest absolute Gasteiger partial charge is 0.464 e. The maximum atomic E-state index is 5.77. The molecule has 0 atom stereocenters. The Morgan fingerprint density at radius 3 is 2.39 bits per heavy atom. The van der Waals surface area contributed by atoms with Crippen LogP contribution in [0.2, 0.25) is 0 Å². The molecule has 0 aliphatic carbocycles. The molecule has 3 heteroatoms. The van der Waals surface area contributed by atoms with Gasteiger partial charge in [0.1, 0.15) is 5.58 Å². The maximum Gasteiger partial charge on any atom is 0.268 e. The lowest BCUT2D eigenvalue weighted by molar-refractivity contribution is 0.0488. The van der Waals surface area contributed by atoms with E-state index in [1.54, 1.807) is 6.26 Å². The average molecular weight is 238 g/mol. The van der Waals surface area contributed by atoms with E-state index >= 15 is 0 Å². The zero-order valence-electron chi connectivity index (χ0n) is 9.50. The van der Waals surface area contributed by atoms with Crippen LogP contribution in [0.4, 0.5) is 0 Å². The lowest BCUT2D eigenvalue weighted by Gasteiger charge is -2.10. The fourth-order valence-electron chi connectivity index (χ4n) is 2.17. The number of para-hydroxylation sites is 2. The Morgan fingerprint density at radius 2 is 1.61 bits per heavy atom. The molecule has 0 saturated heterocycles. The molecule has 0 fully saturated rings.